The maximum atomic E-state index is 13.2. The van der Waals surface area contributed by atoms with Crippen LogP contribution >= 0.6 is 0 Å². The molecule has 128 valence electrons. The molecule has 2 fully saturated rings. The zero-order valence-corrected chi connectivity index (χ0v) is 14.8. The van der Waals surface area contributed by atoms with Gasteiger partial charge in [-0.05, 0) is 51.5 Å². The van der Waals surface area contributed by atoms with E-state index in [-0.39, 0.29) is 11.9 Å². The highest BCUT2D eigenvalue weighted by Gasteiger charge is 2.33. The SMILES string of the molecule is Cc1cc(C(=O)N2CCCC2c2cnn(C)c2)c(C)n1CC1CC1. The summed E-state index contributed by atoms with van der Waals surface area (Å²) in [4.78, 5) is 15.3. The lowest BCUT2D eigenvalue weighted by atomic mass is 10.1. The molecule has 1 aliphatic carbocycles. The van der Waals surface area contributed by atoms with Crippen molar-refractivity contribution in [3.05, 3.63) is 41.0 Å². The van der Waals surface area contributed by atoms with Crippen molar-refractivity contribution in [2.75, 3.05) is 6.54 Å². The Morgan fingerprint density at radius 1 is 1.29 bits per heavy atom. The number of hydrogen-bond acceptors (Lipinski definition) is 2. The molecule has 1 atom stereocenters. The van der Waals surface area contributed by atoms with Gasteiger partial charge in [0.1, 0.15) is 0 Å². The molecular weight excluding hydrogens is 300 g/mol. The zero-order valence-electron chi connectivity index (χ0n) is 14.8. The lowest BCUT2D eigenvalue weighted by molar-refractivity contribution is 0.0734. The fraction of sp³-hybridized carbons (Fsp3) is 0.579. The average Bonchev–Trinajstić information content (AvgIpc) is 2.94. The molecule has 0 bridgehead atoms. The van der Waals surface area contributed by atoms with Crippen molar-refractivity contribution in [1.29, 1.82) is 0 Å². The first kappa shape index (κ1) is 15.5. The fourth-order valence-corrected chi connectivity index (χ4v) is 3.98. The highest BCUT2D eigenvalue weighted by atomic mass is 16.2. The summed E-state index contributed by atoms with van der Waals surface area (Å²) in [7, 11) is 1.93. The van der Waals surface area contributed by atoms with E-state index in [2.05, 4.69) is 29.6 Å². The van der Waals surface area contributed by atoms with E-state index in [1.165, 1.54) is 18.5 Å². The normalized spacial score (nSPS) is 20.8. The summed E-state index contributed by atoms with van der Waals surface area (Å²) in [5.74, 6) is 0.990. The van der Waals surface area contributed by atoms with Crippen molar-refractivity contribution < 1.29 is 4.79 Å². The molecule has 0 radical (unpaired) electrons. The van der Waals surface area contributed by atoms with Gasteiger partial charge in [-0.3, -0.25) is 9.48 Å². The summed E-state index contributed by atoms with van der Waals surface area (Å²) in [5, 5.41) is 4.28. The van der Waals surface area contributed by atoms with Gasteiger partial charge in [0.25, 0.3) is 5.91 Å². The third-order valence-electron chi connectivity index (χ3n) is 5.57. The van der Waals surface area contributed by atoms with E-state index in [0.717, 1.165) is 48.7 Å². The second kappa shape index (κ2) is 5.80. The molecule has 1 amide bonds. The Morgan fingerprint density at radius 2 is 2.08 bits per heavy atom. The van der Waals surface area contributed by atoms with Gasteiger partial charge in [0.05, 0.1) is 17.8 Å². The molecule has 2 aromatic heterocycles. The number of hydrogen-bond donors (Lipinski definition) is 0. The Labute approximate surface area is 143 Å². The fourth-order valence-electron chi connectivity index (χ4n) is 3.98. The van der Waals surface area contributed by atoms with Gasteiger partial charge in [0, 0.05) is 43.3 Å². The Kier molecular flexibility index (Phi) is 3.74. The Balaban J connectivity index is 1.60. The van der Waals surface area contributed by atoms with E-state index >= 15 is 0 Å². The topological polar surface area (TPSA) is 43.1 Å². The van der Waals surface area contributed by atoms with Crippen molar-refractivity contribution in [3.8, 4) is 0 Å². The lowest BCUT2D eigenvalue weighted by Crippen LogP contribution is -2.30. The van der Waals surface area contributed by atoms with Crippen LogP contribution in [0.3, 0.4) is 0 Å². The smallest absolute Gasteiger partial charge is 0.256 e. The van der Waals surface area contributed by atoms with Gasteiger partial charge in [-0.25, -0.2) is 0 Å². The quantitative estimate of drug-likeness (QED) is 0.866. The molecule has 2 aromatic rings. The molecule has 4 rings (SSSR count). The van der Waals surface area contributed by atoms with Crippen molar-refractivity contribution >= 4 is 5.91 Å². The second-order valence-electron chi connectivity index (χ2n) is 7.44. The standard InChI is InChI=1S/C19H26N4O/c1-13-9-17(14(2)23(13)11-15-6-7-15)19(24)22-8-4-5-18(22)16-10-20-21(3)12-16/h9-10,12,15,18H,4-8,11H2,1-3H3. The zero-order chi connectivity index (χ0) is 16.8. The number of rotatable bonds is 4. The summed E-state index contributed by atoms with van der Waals surface area (Å²) >= 11 is 0. The molecule has 1 unspecified atom stereocenters. The molecule has 24 heavy (non-hydrogen) atoms. The summed E-state index contributed by atoms with van der Waals surface area (Å²) < 4.78 is 4.15. The van der Waals surface area contributed by atoms with E-state index < -0.39 is 0 Å². The van der Waals surface area contributed by atoms with Crippen molar-refractivity contribution in [2.24, 2.45) is 13.0 Å². The number of likely N-dealkylation sites (tertiary alicyclic amines) is 1. The van der Waals surface area contributed by atoms with Crippen molar-refractivity contribution in [1.82, 2.24) is 19.2 Å². The Bertz CT molecular complexity index is 768. The van der Waals surface area contributed by atoms with Crippen LogP contribution in [0.1, 0.15) is 59.0 Å². The first-order chi connectivity index (χ1) is 11.5. The number of nitrogens with zero attached hydrogens (tertiary/aromatic N) is 4. The number of amides is 1. The molecule has 0 N–H and O–H groups in total. The molecule has 3 heterocycles. The van der Waals surface area contributed by atoms with E-state index in [0.29, 0.717) is 0 Å². The summed E-state index contributed by atoms with van der Waals surface area (Å²) in [6.07, 6.45) is 8.68. The van der Waals surface area contributed by atoms with Crippen molar-refractivity contribution in [2.45, 2.75) is 52.1 Å². The third kappa shape index (κ3) is 2.66. The van der Waals surface area contributed by atoms with Gasteiger partial charge in [-0.1, -0.05) is 0 Å². The van der Waals surface area contributed by atoms with E-state index in [4.69, 9.17) is 0 Å². The van der Waals surface area contributed by atoms with Crippen LogP contribution in [0, 0.1) is 19.8 Å². The molecule has 1 saturated carbocycles. The largest absolute Gasteiger partial charge is 0.348 e. The Hall–Kier alpha value is -2.04. The summed E-state index contributed by atoms with van der Waals surface area (Å²) in [6.45, 7) is 6.12. The second-order valence-corrected chi connectivity index (χ2v) is 7.44. The number of aryl methyl sites for hydroxylation is 2. The maximum absolute atomic E-state index is 13.2. The molecule has 0 spiro atoms. The van der Waals surface area contributed by atoms with Crippen LogP contribution in [0.5, 0.6) is 0 Å². The van der Waals surface area contributed by atoms with Crippen LogP contribution < -0.4 is 0 Å². The lowest BCUT2D eigenvalue weighted by Gasteiger charge is -2.24. The average molecular weight is 326 g/mol. The molecular formula is C19H26N4O. The predicted octanol–water partition coefficient (Wildman–Crippen LogP) is 3.23. The molecule has 1 saturated heterocycles. The van der Waals surface area contributed by atoms with Crippen LogP contribution in [0.15, 0.2) is 18.5 Å². The van der Waals surface area contributed by atoms with E-state index in [1.54, 1.807) is 0 Å². The minimum atomic E-state index is 0.165. The summed E-state index contributed by atoms with van der Waals surface area (Å²) in [5.41, 5.74) is 4.36. The number of carbonyl (C=O) groups is 1. The monoisotopic (exact) mass is 326 g/mol. The van der Waals surface area contributed by atoms with E-state index in [9.17, 15) is 4.79 Å². The van der Waals surface area contributed by atoms with Gasteiger partial charge in [-0.2, -0.15) is 5.10 Å². The van der Waals surface area contributed by atoms with Gasteiger partial charge in [0.2, 0.25) is 0 Å². The molecule has 1 aliphatic heterocycles. The van der Waals surface area contributed by atoms with Crippen LogP contribution in [-0.2, 0) is 13.6 Å². The van der Waals surface area contributed by atoms with Crippen LogP contribution in [0.4, 0.5) is 0 Å². The molecule has 5 nitrogen and oxygen atoms in total. The first-order valence-corrected chi connectivity index (χ1v) is 9.01. The summed E-state index contributed by atoms with van der Waals surface area (Å²) in [6, 6.07) is 2.25. The van der Waals surface area contributed by atoms with Crippen molar-refractivity contribution in [3.63, 3.8) is 0 Å². The van der Waals surface area contributed by atoms with Crippen LogP contribution in [-0.4, -0.2) is 31.7 Å². The predicted molar refractivity (Wildman–Crippen MR) is 92.8 cm³/mol. The highest BCUT2D eigenvalue weighted by Crippen LogP contribution is 2.35. The minimum Gasteiger partial charge on any atom is -0.348 e. The Morgan fingerprint density at radius 3 is 2.75 bits per heavy atom. The molecule has 2 aliphatic rings. The van der Waals surface area contributed by atoms with Gasteiger partial charge >= 0.3 is 0 Å². The minimum absolute atomic E-state index is 0.165. The number of aromatic nitrogens is 3. The number of carbonyl (C=O) groups excluding carboxylic acids is 1. The first-order valence-electron chi connectivity index (χ1n) is 9.01. The molecule has 5 heteroatoms. The van der Waals surface area contributed by atoms with Crippen LogP contribution in [0.25, 0.3) is 0 Å². The maximum Gasteiger partial charge on any atom is 0.256 e. The molecule has 0 aromatic carbocycles. The van der Waals surface area contributed by atoms with E-state index in [1.807, 2.05) is 29.0 Å². The van der Waals surface area contributed by atoms with Gasteiger partial charge < -0.3 is 9.47 Å². The highest BCUT2D eigenvalue weighted by molar-refractivity contribution is 5.96. The van der Waals surface area contributed by atoms with Gasteiger partial charge in [0.15, 0.2) is 0 Å². The van der Waals surface area contributed by atoms with Gasteiger partial charge in [-0.15, -0.1) is 0 Å². The van der Waals surface area contributed by atoms with Crippen LogP contribution in [0.2, 0.25) is 0 Å². The third-order valence-corrected chi connectivity index (χ3v) is 5.57.